The van der Waals surface area contributed by atoms with E-state index in [2.05, 4.69) is 5.32 Å². The van der Waals surface area contributed by atoms with Gasteiger partial charge in [-0.15, -0.1) is 0 Å². The van der Waals surface area contributed by atoms with Crippen molar-refractivity contribution < 1.29 is 13.3 Å². The van der Waals surface area contributed by atoms with E-state index in [-0.39, 0.29) is 16.6 Å². The number of nitrogens with one attached hydrogen (secondary N) is 1. The van der Waals surface area contributed by atoms with Gasteiger partial charge in [-0.2, -0.15) is 0 Å². The van der Waals surface area contributed by atoms with Crippen LogP contribution in [0.2, 0.25) is 5.02 Å². The molecule has 1 unspecified atom stereocenters. The van der Waals surface area contributed by atoms with Crippen LogP contribution < -0.4 is 5.32 Å². The normalized spacial score (nSPS) is 15.9. The highest BCUT2D eigenvalue weighted by molar-refractivity contribution is 7.90. The van der Waals surface area contributed by atoms with E-state index in [0.717, 1.165) is 37.1 Å². The maximum absolute atomic E-state index is 11.7. The van der Waals surface area contributed by atoms with Gasteiger partial charge in [0.2, 0.25) is 0 Å². The van der Waals surface area contributed by atoms with Gasteiger partial charge in [-0.1, -0.05) is 30.2 Å². The summed E-state index contributed by atoms with van der Waals surface area (Å²) in [5.74, 6) is 0.366. The van der Waals surface area contributed by atoms with Gasteiger partial charge in [0, 0.05) is 17.3 Å². The summed E-state index contributed by atoms with van der Waals surface area (Å²) in [5, 5.41) is 15.4. The molecule has 1 N–H and O–H groups in total. The number of benzene rings is 2. The van der Waals surface area contributed by atoms with Gasteiger partial charge in [0.15, 0.2) is 9.84 Å². The van der Waals surface area contributed by atoms with Gasteiger partial charge in [-0.05, 0) is 48.6 Å². The molecule has 0 aliphatic heterocycles. The third kappa shape index (κ3) is 3.99. The number of nitro groups is 1. The highest BCUT2D eigenvalue weighted by Gasteiger charge is 2.30. The fraction of sp³-hybridized carbons (Fsp3) is 0.333. The fourth-order valence-electron chi connectivity index (χ4n) is 3.10. The summed E-state index contributed by atoms with van der Waals surface area (Å²) in [4.78, 5) is 10.8. The highest BCUT2D eigenvalue weighted by Crippen LogP contribution is 2.41. The Bertz CT molecular complexity index is 925. The van der Waals surface area contributed by atoms with Crippen molar-refractivity contribution >= 4 is 32.8 Å². The van der Waals surface area contributed by atoms with Crippen molar-refractivity contribution in [1.29, 1.82) is 0 Å². The van der Waals surface area contributed by atoms with Crippen molar-refractivity contribution in [2.24, 2.45) is 5.92 Å². The lowest BCUT2D eigenvalue weighted by Gasteiger charge is -2.35. The molecule has 138 valence electrons. The lowest BCUT2D eigenvalue weighted by Crippen LogP contribution is -2.26. The Morgan fingerprint density at radius 3 is 2.35 bits per heavy atom. The monoisotopic (exact) mass is 394 g/mol. The molecule has 6 nitrogen and oxygen atoms in total. The van der Waals surface area contributed by atoms with Gasteiger partial charge in [0.1, 0.15) is 5.69 Å². The van der Waals surface area contributed by atoms with E-state index < -0.39 is 14.8 Å². The summed E-state index contributed by atoms with van der Waals surface area (Å²) in [6.07, 6.45) is 4.24. The molecule has 1 aliphatic rings. The number of hydrogen-bond acceptors (Lipinski definition) is 5. The maximum atomic E-state index is 11.7. The molecule has 1 aliphatic carbocycles. The van der Waals surface area contributed by atoms with Crippen molar-refractivity contribution in [2.45, 2.75) is 30.2 Å². The molecule has 1 saturated carbocycles. The zero-order valence-electron chi connectivity index (χ0n) is 14.2. The second-order valence-corrected chi connectivity index (χ2v) is 9.02. The molecule has 0 amide bonds. The predicted molar refractivity (Wildman–Crippen MR) is 101 cm³/mol. The van der Waals surface area contributed by atoms with E-state index in [0.29, 0.717) is 16.6 Å². The van der Waals surface area contributed by atoms with Crippen LogP contribution in [0.4, 0.5) is 11.4 Å². The number of nitrogens with zero attached hydrogens (tertiary/aromatic N) is 1. The van der Waals surface area contributed by atoms with Crippen LogP contribution in [0.3, 0.4) is 0 Å². The maximum Gasteiger partial charge on any atom is 0.293 e. The molecule has 1 fully saturated rings. The first kappa shape index (κ1) is 18.7. The molecule has 3 rings (SSSR count). The zero-order chi connectivity index (χ0) is 18.9. The molecular weight excluding hydrogens is 376 g/mol. The van der Waals surface area contributed by atoms with Crippen LogP contribution >= 0.6 is 11.6 Å². The number of nitro benzene ring substituents is 1. The lowest BCUT2D eigenvalue weighted by atomic mass is 9.77. The van der Waals surface area contributed by atoms with Crippen LogP contribution in [0.5, 0.6) is 0 Å². The Morgan fingerprint density at radius 1 is 1.19 bits per heavy atom. The van der Waals surface area contributed by atoms with Gasteiger partial charge < -0.3 is 5.32 Å². The molecule has 0 radical (unpaired) electrons. The van der Waals surface area contributed by atoms with Crippen molar-refractivity contribution in [1.82, 2.24) is 0 Å². The van der Waals surface area contributed by atoms with E-state index in [9.17, 15) is 18.5 Å². The van der Waals surface area contributed by atoms with Crippen LogP contribution in [0, 0.1) is 16.0 Å². The summed E-state index contributed by atoms with van der Waals surface area (Å²) < 4.78 is 23.4. The molecule has 1 atom stereocenters. The number of sulfone groups is 1. The van der Waals surface area contributed by atoms with E-state index in [1.165, 1.54) is 12.1 Å². The predicted octanol–water partition coefficient (Wildman–Crippen LogP) is 4.61. The molecule has 8 heteroatoms. The second kappa shape index (κ2) is 7.25. The standard InChI is InChI=1S/C18H19ClN2O4S/c1-26(24,25)15-9-10-16(17(11-15)21(22)23)20-18(12-3-2-4-12)13-5-7-14(19)8-6-13/h5-12,18,20H,2-4H2,1H3. The van der Waals surface area contributed by atoms with Crippen LogP contribution in [0.1, 0.15) is 30.9 Å². The smallest absolute Gasteiger partial charge is 0.293 e. The number of anilines is 1. The van der Waals surface area contributed by atoms with Crippen LogP contribution in [-0.4, -0.2) is 19.6 Å². The van der Waals surface area contributed by atoms with Gasteiger partial charge in [0.05, 0.1) is 15.9 Å². The minimum Gasteiger partial charge on any atom is -0.372 e. The molecule has 26 heavy (non-hydrogen) atoms. The van der Waals surface area contributed by atoms with Gasteiger partial charge in [-0.25, -0.2) is 8.42 Å². The van der Waals surface area contributed by atoms with Crippen molar-refractivity contribution in [3.8, 4) is 0 Å². The topological polar surface area (TPSA) is 89.3 Å². The third-order valence-corrected chi connectivity index (χ3v) is 6.12. The molecule has 2 aromatic rings. The van der Waals surface area contributed by atoms with E-state index >= 15 is 0 Å². The first-order valence-electron chi connectivity index (χ1n) is 8.26. The SMILES string of the molecule is CS(=O)(=O)c1ccc(NC(c2ccc(Cl)cc2)C2CCC2)c([N+](=O)[O-])c1. The zero-order valence-corrected chi connectivity index (χ0v) is 15.8. The second-order valence-electron chi connectivity index (χ2n) is 6.57. The molecule has 0 aromatic heterocycles. The Hall–Kier alpha value is -2.12. The van der Waals surface area contributed by atoms with E-state index in [1.54, 1.807) is 12.1 Å². The van der Waals surface area contributed by atoms with Crippen LogP contribution in [0.25, 0.3) is 0 Å². The van der Waals surface area contributed by atoms with Gasteiger partial charge in [-0.3, -0.25) is 10.1 Å². The van der Waals surface area contributed by atoms with Crippen molar-refractivity contribution in [2.75, 3.05) is 11.6 Å². The minimum atomic E-state index is -3.52. The Balaban J connectivity index is 1.98. The largest absolute Gasteiger partial charge is 0.372 e. The number of halogens is 1. The molecule has 0 heterocycles. The van der Waals surface area contributed by atoms with Crippen molar-refractivity contribution in [3.05, 3.63) is 63.2 Å². The first-order valence-corrected chi connectivity index (χ1v) is 10.5. The Kier molecular flexibility index (Phi) is 5.20. The highest BCUT2D eigenvalue weighted by atomic mass is 35.5. The molecule has 2 aromatic carbocycles. The fourth-order valence-corrected chi connectivity index (χ4v) is 3.87. The third-order valence-electron chi connectivity index (χ3n) is 4.76. The summed E-state index contributed by atoms with van der Waals surface area (Å²) in [7, 11) is -3.52. The average Bonchev–Trinajstić information content (AvgIpc) is 2.52. The van der Waals surface area contributed by atoms with Gasteiger partial charge in [0.25, 0.3) is 5.69 Å². The minimum absolute atomic E-state index is 0.0681. The summed E-state index contributed by atoms with van der Waals surface area (Å²) in [5.41, 5.74) is 1.07. The van der Waals surface area contributed by atoms with Gasteiger partial charge >= 0.3 is 0 Å². The van der Waals surface area contributed by atoms with E-state index in [1.807, 2.05) is 12.1 Å². The molecular formula is C18H19ClN2O4S. The quantitative estimate of drug-likeness (QED) is 0.571. The summed E-state index contributed by atoms with van der Waals surface area (Å²) in [6.45, 7) is 0. The van der Waals surface area contributed by atoms with Crippen molar-refractivity contribution in [3.63, 3.8) is 0 Å². The molecule has 0 bridgehead atoms. The Morgan fingerprint density at radius 2 is 1.85 bits per heavy atom. The summed E-state index contributed by atoms with van der Waals surface area (Å²) >= 11 is 5.96. The lowest BCUT2D eigenvalue weighted by molar-refractivity contribution is -0.384. The molecule has 0 spiro atoms. The van der Waals surface area contributed by atoms with E-state index in [4.69, 9.17) is 11.6 Å². The summed E-state index contributed by atoms with van der Waals surface area (Å²) in [6, 6.07) is 11.3. The first-order chi connectivity index (χ1) is 12.3. The Labute approximate surface area is 157 Å². The number of rotatable bonds is 6. The van der Waals surface area contributed by atoms with Crippen LogP contribution in [0.15, 0.2) is 47.4 Å². The average molecular weight is 395 g/mol. The van der Waals surface area contributed by atoms with Crippen LogP contribution in [-0.2, 0) is 9.84 Å². The molecule has 0 saturated heterocycles. The number of hydrogen-bond donors (Lipinski definition) is 1.